The van der Waals surface area contributed by atoms with Crippen molar-refractivity contribution in [2.75, 3.05) is 0 Å². The number of nitriles is 1. The van der Waals surface area contributed by atoms with E-state index in [0.717, 1.165) is 66.4 Å². The van der Waals surface area contributed by atoms with Crippen LogP contribution in [0, 0.1) is 11.3 Å². The zero-order valence-corrected chi connectivity index (χ0v) is 27.3. The monoisotopic (exact) mass is 652 g/mol. The Bertz CT molecular complexity index is 2690. The van der Waals surface area contributed by atoms with Crippen molar-refractivity contribution in [2.24, 2.45) is 0 Å². The number of para-hydroxylation sites is 1. The third kappa shape index (κ3) is 5.49. The minimum absolute atomic E-state index is 0.574. The largest absolute Gasteiger partial charge is 0.309 e. The highest BCUT2D eigenvalue weighted by atomic mass is 15.1. The van der Waals surface area contributed by atoms with E-state index in [1.165, 1.54) is 0 Å². The Morgan fingerprint density at radius 1 is 0.431 bits per heavy atom. The molecule has 6 aromatic carbocycles. The third-order valence-corrected chi connectivity index (χ3v) is 9.19. The fraction of sp³-hybridized carbons (Fsp3) is 0. The Morgan fingerprint density at radius 2 is 1.02 bits per heavy atom. The van der Waals surface area contributed by atoms with Crippen molar-refractivity contribution in [2.45, 2.75) is 0 Å². The second-order valence-electron chi connectivity index (χ2n) is 12.3. The molecule has 0 fully saturated rings. The van der Waals surface area contributed by atoms with Gasteiger partial charge in [0.15, 0.2) is 17.5 Å². The molecule has 9 aromatic rings. The van der Waals surface area contributed by atoms with Gasteiger partial charge >= 0.3 is 0 Å². The van der Waals surface area contributed by atoms with E-state index in [1.807, 2.05) is 109 Å². The van der Waals surface area contributed by atoms with Crippen molar-refractivity contribution < 1.29 is 0 Å². The van der Waals surface area contributed by atoms with Crippen LogP contribution in [0.3, 0.4) is 0 Å². The van der Waals surface area contributed by atoms with E-state index in [-0.39, 0.29) is 0 Å². The van der Waals surface area contributed by atoms with Crippen LogP contribution in [-0.2, 0) is 0 Å². The molecule has 0 N–H and O–H groups in total. The van der Waals surface area contributed by atoms with Crippen molar-refractivity contribution in [1.29, 1.82) is 5.26 Å². The van der Waals surface area contributed by atoms with Gasteiger partial charge in [0.2, 0.25) is 0 Å². The summed E-state index contributed by atoms with van der Waals surface area (Å²) in [6, 6.07) is 55.6. The summed E-state index contributed by atoms with van der Waals surface area (Å²) in [6.07, 6.45) is 3.62. The first-order valence-corrected chi connectivity index (χ1v) is 16.7. The number of pyridine rings is 1. The van der Waals surface area contributed by atoms with Crippen LogP contribution in [0.25, 0.3) is 83.9 Å². The Balaban J connectivity index is 1.33. The predicted octanol–water partition coefficient (Wildman–Crippen LogP) is 10.6. The molecule has 0 bridgehead atoms. The van der Waals surface area contributed by atoms with Crippen LogP contribution in [-0.4, -0.2) is 24.5 Å². The highest BCUT2D eigenvalue weighted by molar-refractivity contribution is 6.11. The fourth-order valence-corrected chi connectivity index (χ4v) is 6.74. The molecule has 9 rings (SSSR count). The van der Waals surface area contributed by atoms with Crippen LogP contribution < -0.4 is 0 Å². The van der Waals surface area contributed by atoms with Gasteiger partial charge in [0, 0.05) is 39.9 Å². The lowest BCUT2D eigenvalue weighted by Crippen LogP contribution is -2.04. The molecule has 0 aliphatic heterocycles. The molecule has 238 valence electrons. The number of nitrogens with zero attached hydrogens (tertiary/aromatic N) is 6. The molecule has 6 heteroatoms. The van der Waals surface area contributed by atoms with Gasteiger partial charge < -0.3 is 4.57 Å². The summed E-state index contributed by atoms with van der Waals surface area (Å²) in [4.78, 5) is 19.5. The maximum Gasteiger partial charge on any atom is 0.166 e. The molecule has 0 aliphatic carbocycles. The lowest BCUT2D eigenvalue weighted by atomic mass is 10.0. The minimum atomic E-state index is 0.574. The van der Waals surface area contributed by atoms with E-state index in [9.17, 15) is 5.26 Å². The van der Waals surface area contributed by atoms with Crippen molar-refractivity contribution in [1.82, 2.24) is 24.5 Å². The number of rotatable bonds is 6. The van der Waals surface area contributed by atoms with Gasteiger partial charge in [0.25, 0.3) is 0 Å². The molecular formula is C45H28N6. The lowest BCUT2D eigenvalue weighted by Gasteiger charge is -2.16. The number of fused-ring (bicyclic) bond motifs is 3. The van der Waals surface area contributed by atoms with E-state index in [2.05, 4.69) is 76.3 Å². The van der Waals surface area contributed by atoms with Crippen LogP contribution in [0.4, 0.5) is 0 Å². The fourth-order valence-electron chi connectivity index (χ4n) is 6.74. The summed E-state index contributed by atoms with van der Waals surface area (Å²) < 4.78 is 2.31. The average Bonchev–Trinajstić information content (AvgIpc) is 3.55. The number of hydrogen-bond acceptors (Lipinski definition) is 5. The Hall–Kier alpha value is -7.23. The van der Waals surface area contributed by atoms with E-state index < -0.39 is 0 Å². The molecule has 3 heterocycles. The van der Waals surface area contributed by atoms with Crippen LogP contribution >= 0.6 is 0 Å². The zero-order chi connectivity index (χ0) is 34.1. The Kier molecular flexibility index (Phi) is 7.42. The Labute approximate surface area is 294 Å². The van der Waals surface area contributed by atoms with E-state index in [1.54, 1.807) is 0 Å². The molecule has 0 atom stereocenters. The maximum atomic E-state index is 9.56. The Morgan fingerprint density at radius 3 is 1.75 bits per heavy atom. The quantitative estimate of drug-likeness (QED) is 0.179. The van der Waals surface area contributed by atoms with Gasteiger partial charge in [0.05, 0.1) is 28.4 Å². The molecule has 0 unspecified atom stereocenters. The molecule has 3 aromatic heterocycles. The van der Waals surface area contributed by atoms with Gasteiger partial charge in [-0.15, -0.1) is 0 Å². The van der Waals surface area contributed by atoms with Gasteiger partial charge in [-0.1, -0.05) is 103 Å². The molecule has 51 heavy (non-hydrogen) atoms. The molecule has 0 saturated heterocycles. The van der Waals surface area contributed by atoms with Gasteiger partial charge in [-0.25, -0.2) is 15.0 Å². The smallest absolute Gasteiger partial charge is 0.166 e. The second kappa shape index (κ2) is 12.7. The van der Waals surface area contributed by atoms with Crippen LogP contribution in [0.5, 0.6) is 0 Å². The van der Waals surface area contributed by atoms with Gasteiger partial charge in [-0.2, -0.15) is 5.26 Å². The standard InChI is InChI=1S/C45H28N6/c46-29-30-10-9-15-34(26-30)36-19-20-41-38(27-36)37-16-7-8-17-40(37)51(41)42-21-18-35(31-22-24-47-25-23-31)28-39(42)45-49-43(32-11-3-1-4-12-32)48-44(50-45)33-13-5-2-6-14-33/h1-28H. The van der Waals surface area contributed by atoms with E-state index in [4.69, 9.17) is 15.0 Å². The van der Waals surface area contributed by atoms with Crippen LogP contribution in [0.2, 0.25) is 0 Å². The highest BCUT2D eigenvalue weighted by Gasteiger charge is 2.20. The molecule has 6 nitrogen and oxygen atoms in total. The normalized spacial score (nSPS) is 11.1. The molecule has 0 saturated carbocycles. The average molecular weight is 653 g/mol. The molecule has 0 radical (unpaired) electrons. The minimum Gasteiger partial charge on any atom is -0.309 e. The summed E-state index contributed by atoms with van der Waals surface area (Å²) in [5.74, 6) is 1.78. The SMILES string of the molecule is N#Cc1cccc(-c2ccc3c(c2)c2ccccc2n3-c2ccc(-c3ccncc3)cc2-c2nc(-c3ccccc3)nc(-c3ccccc3)n2)c1. The number of benzene rings is 6. The van der Waals surface area contributed by atoms with Gasteiger partial charge in [-0.3, -0.25) is 4.98 Å². The first-order valence-electron chi connectivity index (χ1n) is 16.7. The van der Waals surface area contributed by atoms with E-state index in [0.29, 0.717) is 23.0 Å². The van der Waals surface area contributed by atoms with Crippen molar-refractivity contribution in [3.05, 3.63) is 176 Å². The molecule has 0 aliphatic rings. The van der Waals surface area contributed by atoms with E-state index >= 15 is 0 Å². The second-order valence-corrected chi connectivity index (χ2v) is 12.3. The topological polar surface area (TPSA) is 80.3 Å². The molecule has 0 amide bonds. The number of hydrogen-bond donors (Lipinski definition) is 0. The predicted molar refractivity (Wildman–Crippen MR) is 204 cm³/mol. The summed E-state index contributed by atoms with van der Waals surface area (Å²) >= 11 is 0. The summed E-state index contributed by atoms with van der Waals surface area (Å²) in [5, 5.41) is 11.8. The first-order chi connectivity index (χ1) is 25.2. The van der Waals surface area contributed by atoms with Crippen molar-refractivity contribution >= 4 is 21.8 Å². The lowest BCUT2D eigenvalue weighted by molar-refractivity contribution is 1.06. The van der Waals surface area contributed by atoms with Gasteiger partial charge in [0.1, 0.15) is 0 Å². The van der Waals surface area contributed by atoms with Crippen molar-refractivity contribution in [3.8, 4) is 68.2 Å². The summed E-state index contributed by atoms with van der Waals surface area (Å²) in [6.45, 7) is 0. The van der Waals surface area contributed by atoms with Crippen molar-refractivity contribution in [3.63, 3.8) is 0 Å². The highest BCUT2D eigenvalue weighted by Crippen LogP contribution is 2.39. The van der Waals surface area contributed by atoms with Crippen LogP contribution in [0.15, 0.2) is 170 Å². The third-order valence-electron chi connectivity index (χ3n) is 9.19. The van der Waals surface area contributed by atoms with Crippen LogP contribution in [0.1, 0.15) is 5.56 Å². The maximum absolute atomic E-state index is 9.56. The first kappa shape index (κ1) is 29.9. The van der Waals surface area contributed by atoms with Gasteiger partial charge in [-0.05, 0) is 76.9 Å². The molecule has 0 spiro atoms. The zero-order valence-electron chi connectivity index (χ0n) is 27.3. The summed E-state index contributed by atoms with van der Waals surface area (Å²) in [5.41, 5.74) is 10.5. The number of aromatic nitrogens is 5. The molecular weight excluding hydrogens is 625 g/mol. The summed E-state index contributed by atoms with van der Waals surface area (Å²) in [7, 11) is 0.